The second kappa shape index (κ2) is 12.1. The van der Waals surface area contributed by atoms with Crippen LogP contribution < -0.4 is 5.73 Å². The van der Waals surface area contributed by atoms with Crippen molar-refractivity contribution in [2.75, 3.05) is 5.73 Å². The molecule has 288 valence electrons. The van der Waals surface area contributed by atoms with E-state index in [9.17, 15) is 19.8 Å². The van der Waals surface area contributed by atoms with Gasteiger partial charge >= 0.3 is 0 Å². The summed E-state index contributed by atoms with van der Waals surface area (Å²) in [4.78, 5) is 29.0. The molecule has 10 rings (SSSR count). The molecule has 2 bridgehead atoms. The van der Waals surface area contributed by atoms with E-state index in [0.29, 0.717) is 36.4 Å². The Bertz CT molecular complexity index is 1970. The second-order valence-corrected chi connectivity index (χ2v) is 20.0. The molecule has 0 amide bonds. The van der Waals surface area contributed by atoms with Gasteiger partial charge in [0.05, 0.1) is 17.6 Å². The molecule has 6 heteroatoms. The van der Waals surface area contributed by atoms with Crippen molar-refractivity contribution >= 4 is 17.3 Å². The lowest BCUT2D eigenvalue weighted by molar-refractivity contribution is -0.196. The van der Waals surface area contributed by atoms with E-state index >= 15 is 0 Å². The minimum atomic E-state index is -0.637. The number of hydrogen-bond donors (Lipinski definition) is 3. The standard InChI is InChI=1S/C48H61NO5/c1-27(23-36(51)43-48(6,54-43)33-16-9-15-32(33)28-11-7-13-30(49)24-28)40-34-18-19-39-45(3,46(34,4)26-37(40)52)22-20-38-44(2)21-10-17-35(47(38,39)5)41(42(44)53)29-12-8-14-31(50)25-29/h7-8,10-14,17,24-25,27,32-33,35-36,38-39,41,43,50-51H,9,15-16,18-23,26,49H2,1-6H3/t27-,32-,33-,35-,36-,38-,39-,41-,43+,44+,45+,46+,47-,48-/m1/s1. The smallest absolute Gasteiger partial charge is 0.159 e. The number of allylic oxidation sites excluding steroid dienone is 4. The van der Waals surface area contributed by atoms with Gasteiger partial charge in [-0.15, -0.1) is 0 Å². The van der Waals surface area contributed by atoms with Gasteiger partial charge in [-0.1, -0.05) is 83.0 Å². The number of hydrogen-bond acceptors (Lipinski definition) is 6. The molecule has 0 aromatic heterocycles. The van der Waals surface area contributed by atoms with Gasteiger partial charge in [-0.3, -0.25) is 9.59 Å². The number of aliphatic hydroxyl groups is 1. The fourth-order valence-electron chi connectivity index (χ4n) is 15.0. The summed E-state index contributed by atoms with van der Waals surface area (Å²) in [5.41, 5.74) is 10.1. The van der Waals surface area contributed by atoms with Crippen molar-refractivity contribution in [1.29, 1.82) is 0 Å². The van der Waals surface area contributed by atoms with Gasteiger partial charge < -0.3 is 20.7 Å². The second-order valence-electron chi connectivity index (χ2n) is 20.0. The van der Waals surface area contributed by atoms with Crippen molar-refractivity contribution < 1.29 is 24.5 Å². The minimum absolute atomic E-state index is 0.0309. The lowest BCUT2D eigenvalue weighted by Gasteiger charge is -2.70. The van der Waals surface area contributed by atoms with Crippen LogP contribution in [0.25, 0.3) is 0 Å². The van der Waals surface area contributed by atoms with Crippen LogP contribution in [0.15, 0.2) is 71.8 Å². The summed E-state index contributed by atoms with van der Waals surface area (Å²) in [7, 11) is 0. The fraction of sp³-hybridized carbons (Fsp3) is 0.625. The number of carbonyl (C=O) groups excluding carboxylic acids is 2. The largest absolute Gasteiger partial charge is 0.508 e. The number of fused-ring (bicyclic) bond motifs is 5. The quantitative estimate of drug-likeness (QED) is 0.149. The predicted octanol–water partition coefficient (Wildman–Crippen LogP) is 9.46. The third-order valence-electron chi connectivity index (χ3n) is 17.7. The lowest BCUT2D eigenvalue weighted by atomic mass is 9.33. The van der Waals surface area contributed by atoms with Crippen molar-refractivity contribution in [3.05, 3.63) is 83.0 Å². The highest BCUT2D eigenvalue weighted by Crippen LogP contribution is 2.77. The van der Waals surface area contributed by atoms with Crippen molar-refractivity contribution in [3.63, 3.8) is 0 Å². The highest BCUT2D eigenvalue weighted by Gasteiger charge is 2.72. The molecule has 8 aliphatic rings. The molecule has 6 nitrogen and oxygen atoms in total. The maximum absolute atomic E-state index is 14.6. The molecule has 7 aliphatic carbocycles. The van der Waals surface area contributed by atoms with Crippen molar-refractivity contribution in [2.24, 2.45) is 51.2 Å². The molecular weight excluding hydrogens is 671 g/mol. The van der Waals surface area contributed by atoms with Gasteiger partial charge in [0.2, 0.25) is 0 Å². The van der Waals surface area contributed by atoms with Crippen LogP contribution in [0.1, 0.15) is 129 Å². The third kappa shape index (κ3) is 4.83. The molecule has 0 spiro atoms. The molecule has 54 heavy (non-hydrogen) atoms. The Morgan fingerprint density at radius 3 is 2.46 bits per heavy atom. The number of Topliss-reactive ketones (excluding diaryl/α,β-unsaturated/α-hetero) is 2. The number of ketones is 2. The summed E-state index contributed by atoms with van der Waals surface area (Å²) in [6.45, 7) is 13.9. The van der Waals surface area contributed by atoms with E-state index in [1.165, 1.54) is 11.1 Å². The monoisotopic (exact) mass is 731 g/mol. The zero-order valence-electron chi connectivity index (χ0n) is 33.2. The Balaban J connectivity index is 0.991. The zero-order valence-corrected chi connectivity index (χ0v) is 33.2. The molecule has 2 aromatic rings. The molecule has 4 saturated carbocycles. The Morgan fingerprint density at radius 1 is 0.944 bits per heavy atom. The summed E-state index contributed by atoms with van der Waals surface area (Å²) in [5, 5.41) is 22.3. The summed E-state index contributed by atoms with van der Waals surface area (Å²) in [5.74, 6) is 1.78. The van der Waals surface area contributed by atoms with E-state index in [4.69, 9.17) is 10.5 Å². The first-order valence-corrected chi connectivity index (χ1v) is 21.1. The Labute approximate surface area is 322 Å². The van der Waals surface area contributed by atoms with Crippen LogP contribution in [0.3, 0.4) is 0 Å². The highest BCUT2D eigenvalue weighted by atomic mass is 16.6. The maximum atomic E-state index is 14.6. The fourth-order valence-corrected chi connectivity index (χ4v) is 15.0. The van der Waals surface area contributed by atoms with Gasteiger partial charge in [-0.25, -0.2) is 0 Å². The molecule has 0 radical (unpaired) electrons. The Hall–Kier alpha value is -3.22. The van der Waals surface area contributed by atoms with Gasteiger partial charge in [-0.2, -0.15) is 0 Å². The SMILES string of the molecule is C[C@H](C[C@@H](O)[C@@H]1O[C@]1(C)[C@@H]1CCC[C@@H]1c1cccc(N)c1)C1=C2CC[C@H]3[C@]4(C)[C@@H]5C=CC[C@](C)(C(=O)[C@@H]5c5cccc(O)c5)[C@H]4CC[C@]3(C)[C@@]2(C)CC1=O. The Morgan fingerprint density at radius 2 is 1.70 bits per heavy atom. The highest BCUT2D eigenvalue weighted by molar-refractivity contribution is 6.00. The molecule has 14 atom stereocenters. The molecule has 5 fully saturated rings. The van der Waals surface area contributed by atoms with Crippen molar-refractivity contribution in [1.82, 2.24) is 0 Å². The summed E-state index contributed by atoms with van der Waals surface area (Å²) < 4.78 is 6.47. The summed E-state index contributed by atoms with van der Waals surface area (Å²) in [6.07, 6.45) is 12.8. The minimum Gasteiger partial charge on any atom is -0.508 e. The Kier molecular flexibility index (Phi) is 8.19. The van der Waals surface area contributed by atoms with E-state index in [1.54, 1.807) is 6.07 Å². The molecule has 4 N–H and O–H groups in total. The summed E-state index contributed by atoms with van der Waals surface area (Å²) in [6, 6.07) is 15.7. The third-order valence-corrected chi connectivity index (χ3v) is 17.7. The molecule has 1 heterocycles. The van der Waals surface area contributed by atoms with Gasteiger partial charge in [0.15, 0.2) is 5.78 Å². The first-order chi connectivity index (χ1) is 25.6. The van der Waals surface area contributed by atoms with Crippen molar-refractivity contribution in [2.45, 2.75) is 135 Å². The summed E-state index contributed by atoms with van der Waals surface area (Å²) >= 11 is 0. The van der Waals surface area contributed by atoms with Gasteiger partial charge in [0.25, 0.3) is 0 Å². The van der Waals surface area contributed by atoms with Crippen LogP contribution in [0.4, 0.5) is 5.69 Å². The zero-order chi connectivity index (χ0) is 38.2. The first-order valence-electron chi connectivity index (χ1n) is 21.1. The van der Waals surface area contributed by atoms with Crippen LogP contribution in [0.5, 0.6) is 5.75 Å². The number of ether oxygens (including phenoxy) is 1. The maximum Gasteiger partial charge on any atom is 0.159 e. The van der Waals surface area contributed by atoms with Crippen molar-refractivity contribution in [3.8, 4) is 5.75 Å². The number of nitrogen functional groups attached to an aromatic ring is 1. The van der Waals surface area contributed by atoms with Gasteiger partial charge in [0, 0.05) is 22.9 Å². The van der Waals surface area contributed by atoms with E-state index in [2.05, 4.69) is 65.8 Å². The van der Waals surface area contributed by atoms with E-state index < -0.39 is 11.5 Å². The van der Waals surface area contributed by atoms with Crippen LogP contribution in [-0.4, -0.2) is 39.6 Å². The normalized spacial score (nSPS) is 44.8. The van der Waals surface area contributed by atoms with Gasteiger partial charge in [0.1, 0.15) is 17.6 Å². The van der Waals surface area contributed by atoms with E-state index in [0.717, 1.165) is 68.2 Å². The first kappa shape index (κ1) is 36.4. The number of phenols is 1. The van der Waals surface area contributed by atoms with Crippen LogP contribution in [-0.2, 0) is 14.3 Å². The van der Waals surface area contributed by atoms with E-state index in [-0.39, 0.29) is 63.2 Å². The number of anilines is 1. The molecule has 0 unspecified atom stereocenters. The number of nitrogens with two attached hydrogens (primary N) is 1. The average Bonchev–Trinajstić information content (AvgIpc) is 3.50. The van der Waals surface area contributed by atoms with Gasteiger partial charge in [-0.05, 0) is 146 Å². The number of aliphatic hydroxyl groups excluding tert-OH is 1. The number of phenolic OH excluding ortho intramolecular Hbond substituents is 1. The molecule has 1 saturated heterocycles. The number of benzene rings is 2. The number of epoxide rings is 1. The average molecular weight is 732 g/mol. The molecular formula is C48H61NO5. The lowest BCUT2D eigenvalue weighted by Crippen LogP contribution is -2.66. The van der Waals surface area contributed by atoms with Crippen LogP contribution in [0, 0.1) is 51.2 Å². The molecule has 1 aliphatic heterocycles. The topological polar surface area (TPSA) is 113 Å². The van der Waals surface area contributed by atoms with Crippen LogP contribution >= 0.6 is 0 Å². The molecule has 2 aromatic carbocycles. The number of rotatable bonds is 7. The number of aromatic hydroxyl groups is 1. The van der Waals surface area contributed by atoms with E-state index in [1.807, 2.05) is 30.3 Å². The number of carbonyl (C=O) groups is 2. The predicted molar refractivity (Wildman–Crippen MR) is 212 cm³/mol. The van der Waals surface area contributed by atoms with Crippen LogP contribution in [0.2, 0.25) is 0 Å².